The zero-order valence-electron chi connectivity index (χ0n) is 8.30. The van der Waals surface area contributed by atoms with E-state index < -0.39 is 11.9 Å². The Kier molecular flexibility index (Phi) is 3.51. The van der Waals surface area contributed by atoms with E-state index >= 15 is 0 Å². The van der Waals surface area contributed by atoms with E-state index in [1.807, 2.05) is 0 Å². The van der Waals surface area contributed by atoms with Gasteiger partial charge in [0.2, 0.25) is 0 Å². The molecule has 4 N–H and O–H groups in total. The number of benzene rings is 1. The lowest BCUT2D eigenvalue weighted by atomic mass is 9.98. The second kappa shape index (κ2) is 4.65. The lowest BCUT2D eigenvalue weighted by molar-refractivity contribution is -0.142. The van der Waals surface area contributed by atoms with Crippen molar-refractivity contribution in [2.24, 2.45) is 5.73 Å². The fourth-order valence-corrected chi connectivity index (χ4v) is 1.32. The SMILES string of the molecule is COC(=O)C(CN)c1cccc(O)c1O. The highest BCUT2D eigenvalue weighted by molar-refractivity contribution is 5.79. The number of phenolic OH excluding ortho intramolecular Hbond substituents is 2. The number of rotatable bonds is 3. The van der Waals surface area contributed by atoms with Gasteiger partial charge in [-0.05, 0) is 6.07 Å². The van der Waals surface area contributed by atoms with Gasteiger partial charge < -0.3 is 20.7 Å². The molecule has 1 atom stereocenters. The Morgan fingerprint density at radius 1 is 1.53 bits per heavy atom. The second-order valence-corrected chi connectivity index (χ2v) is 3.03. The molecule has 15 heavy (non-hydrogen) atoms. The average Bonchev–Trinajstić information content (AvgIpc) is 2.24. The Bertz CT molecular complexity index is 364. The first-order chi connectivity index (χ1) is 7.11. The van der Waals surface area contributed by atoms with Gasteiger partial charge in [0.1, 0.15) is 0 Å². The minimum Gasteiger partial charge on any atom is -0.504 e. The summed E-state index contributed by atoms with van der Waals surface area (Å²) in [7, 11) is 1.24. The summed E-state index contributed by atoms with van der Waals surface area (Å²) in [4.78, 5) is 11.3. The van der Waals surface area contributed by atoms with Gasteiger partial charge in [-0.15, -0.1) is 0 Å². The maximum absolute atomic E-state index is 11.3. The number of nitrogens with two attached hydrogens (primary N) is 1. The van der Waals surface area contributed by atoms with Crippen molar-refractivity contribution in [2.45, 2.75) is 5.92 Å². The molecule has 0 amide bonds. The molecule has 0 spiro atoms. The van der Waals surface area contributed by atoms with Crippen molar-refractivity contribution in [2.75, 3.05) is 13.7 Å². The monoisotopic (exact) mass is 211 g/mol. The van der Waals surface area contributed by atoms with Crippen LogP contribution in [0.4, 0.5) is 0 Å². The second-order valence-electron chi connectivity index (χ2n) is 3.03. The molecule has 0 heterocycles. The molecule has 0 fully saturated rings. The van der Waals surface area contributed by atoms with Gasteiger partial charge in [0.15, 0.2) is 11.5 Å². The zero-order chi connectivity index (χ0) is 11.4. The molecule has 0 radical (unpaired) electrons. The number of hydrogen-bond donors (Lipinski definition) is 3. The van der Waals surface area contributed by atoms with E-state index in [-0.39, 0.29) is 23.6 Å². The number of hydrogen-bond acceptors (Lipinski definition) is 5. The molecule has 1 unspecified atom stereocenters. The summed E-state index contributed by atoms with van der Waals surface area (Å²) >= 11 is 0. The van der Waals surface area contributed by atoms with Gasteiger partial charge in [-0.25, -0.2) is 0 Å². The smallest absolute Gasteiger partial charge is 0.314 e. The summed E-state index contributed by atoms with van der Waals surface area (Å²) in [5.41, 5.74) is 5.67. The molecule has 1 aromatic rings. The number of phenols is 2. The predicted octanol–water partition coefficient (Wildman–Crippen LogP) is 0.313. The standard InChI is InChI=1S/C10H13NO4/c1-15-10(14)7(5-11)6-3-2-4-8(12)9(6)13/h2-4,7,12-13H,5,11H2,1H3. The molecule has 0 bridgehead atoms. The lowest BCUT2D eigenvalue weighted by Crippen LogP contribution is -2.22. The number of ether oxygens (including phenoxy) is 1. The maximum atomic E-state index is 11.3. The lowest BCUT2D eigenvalue weighted by Gasteiger charge is -2.14. The third-order valence-corrected chi connectivity index (χ3v) is 2.14. The first-order valence-corrected chi connectivity index (χ1v) is 4.40. The Morgan fingerprint density at radius 3 is 2.73 bits per heavy atom. The van der Waals surface area contributed by atoms with E-state index in [0.717, 1.165) is 0 Å². The topological polar surface area (TPSA) is 92.8 Å². The molecule has 82 valence electrons. The largest absolute Gasteiger partial charge is 0.504 e. The van der Waals surface area contributed by atoms with E-state index in [9.17, 15) is 15.0 Å². The van der Waals surface area contributed by atoms with E-state index in [1.54, 1.807) is 0 Å². The molecule has 0 saturated carbocycles. The van der Waals surface area contributed by atoms with Crippen molar-refractivity contribution >= 4 is 5.97 Å². The Hall–Kier alpha value is -1.75. The van der Waals surface area contributed by atoms with E-state index in [0.29, 0.717) is 0 Å². The highest BCUT2D eigenvalue weighted by Crippen LogP contribution is 2.33. The fraction of sp³-hybridized carbons (Fsp3) is 0.300. The van der Waals surface area contributed by atoms with Crippen LogP contribution in [0.5, 0.6) is 11.5 Å². The number of para-hydroxylation sites is 1. The molecule has 0 saturated heterocycles. The van der Waals surface area contributed by atoms with Crippen LogP contribution >= 0.6 is 0 Å². The summed E-state index contributed by atoms with van der Waals surface area (Å²) in [6.45, 7) is 0.00366. The molecular weight excluding hydrogens is 198 g/mol. The Labute approximate surface area is 87.1 Å². The van der Waals surface area contributed by atoms with E-state index in [1.165, 1.54) is 25.3 Å². The van der Waals surface area contributed by atoms with Gasteiger partial charge in [-0.3, -0.25) is 4.79 Å². The van der Waals surface area contributed by atoms with Crippen LogP contribution in [0.25, 0.3) is 0 Å². The van der Waals surface area contributed by atoms with Crippen LogP contribution in [0.15, 0.2) is 18.2 Å². The first-order valence-electron chi connectivity index (χ1n) is 4.40. The van der Waals surface area contributed by atoms with Gasteiger partial charge in [-0.2, -0.15) is 0 Å². The molecule has 5 nitrogen and oxygen atoms in total. The van der Waals surface area contributed by atoms with Crippen LogP contribution in [0.3, 0.4) is 0 Å². The molecule has 0 aliphatic heterocycles. The highest BCUT2D eigenvalue weighted by Gasteiger charge is 2.23. The summed E-state index contributed by atoms with van der Waals surface area (Å²) in [5, 5.41) is 18.8. The molecule has 5 heteroatoms. The number of carbonyl (C=O) groups excluding carboxylic acids is 1. The Balaban J connectivity index is 3.12. The minimum atomic E-state index is -0.762. The van der Waals surface area contributed by atoms with Crippen LogP contribution in [0.2, 0.25) is 0 Å². The summed E-state index contributed by atoms with van der Waals surface area (Å²) in [5.74, 6) is -1.92. The number of methoxy groups -OCH3 is 1. The Morgan fingerprint density at radius 2 is 2.20 bits per heavy atom. The van der Waals surface area contributed by atoms with Gasteiger partial charge >= 0.3 is 5.97 Å². The quantitative estimate of drug-likeness (QED) is 0.494. The zero-order valence-corrected chi connectivity index (χ0v) is 8.30. The molecule has 1 aromatic carbocycles. The minimum absolute atomic E-state index is 0.00366. The van der Waals surface area contributed by atoms with Gasteiger partial charge in [0.05, 0.1) is 13.0 Å². The third-order valence-electron chi connectivity index (χ3n) is 2.14. The predicted molar refractivity (Wildman–Crippen MR) is 53.6 cm³/mol. The summed E-state index contributed by atoms with van der Waals surface area (Å²) in [6, 6.07) is 4.36. The summed E-state index contributed by atoms with van der Waals surface area (Å²) in [6.07, 6.45) is 0. The van der Waals surface area contributed by atoms with E-state index in [2.05, 4.69) is 4.74 Å². The van der Waals surface area contributed by atoms with E-state index in [4.69, 9.17) is 5.73 Å². The molecule has 0 aromatic heterocycles. The number of carbonyl (C=O) groups is 1. The van der Waals surface area contributed by atoms with Crippen molar-refractivity contribution in [3.63, 3.8) is 0 Å². The molecule has 0 aliphatic rings. The van der Waals surface area contributed by atoms with Crippen LogP contribution in [-0.2, 0) is 9.53 Å². The fourth-order valence-electron chi connectivity index (χ4n) is 1.32. The van der Waals surface area contributed by atoms with Gasteiger partial charge in [0, 0.05) is 12.1 Å². The van der Waals surface area contributed by atoms with Crippen molar-refractivity contribution in [3.05, 3.63) is 23.8 Å². The number of aromatic hydroxyl groups is 2. The van der Waals surface area contributed by atoms with Crippen molar-refractivity contribution < 1.29 is 19.7 Å². The third kappa shape index (κ3) is 2.19. The van der Waals surface area contributed by atoms with Crippen molar-refractivity contribution in [3.8, 4) is 11.5 Å². The van der Waals surface area contributed by atoms with Crippen LogP contribution < -0.4 is 5.73 Å². The van der Waals surface area contributed by atoms with Gasteiger partial charge in [0.25, 0.3) is 0 Å². The highest BCUT2D eigenvalue weighted by atomic mass is 16.5. The molecular formula is C10H13NO4. The van der Waals surface area contributed by atoms with Crippen LogP contribution in [0, 0.1) is 0 Å². The van der Waals surface area contributed by atoms with Crippen molar-refractivity contribution in [1.29, 1.82) is 0 Å². The molecule has 0 aliphatic carbocycles. The number of esters is 1. The summed E-state index contributed by atoms with van der Waals surface area (Å²) < 4.78 is 4.54. The van der Waals surface area contributed by atoms with Gasteiger partial charge in [-0.1, -0.05) is 12.1 Å². The maximum Gasteiger partial charge on any atom is 0.314 e. The molecule has 1 rings (SSSR count). The first kappa shape index (κ1) is 11.3. The van der Waals surface area contributed by atoms with Crippen LogP contribution in [-0.4, -0.2) is 29.8 Å². The normalized spacial score (nSPS) is 12.1. The average molecular weight is 211 g/mol. The van der Waals surface area contributed by atoms with Crippen LogP contribution in [0.1, 0.15) is 11.5 Å². The van der Waals surface area contributed by atoms with Crippen molar-refractivity contribution in [1.82, 2.24) is 0 Å².